The van der Waals surface area contributed by atoms with Crippen molar-refractivity contribution in [2.45, 2.75) is 13.3 Å². The van der Waals surface area contributed by atoms with Crippen molar-refractivity contribution in [3.8, 4) is 0 Å². The quantitative estimate of drug-likeness (QED) is 0.593. The Balaban J connectivity index is 3.24. The summed E-state index contributed by atoms with van der Waals surface area (Å²) in [5, 5.41) is 0. The van der Waals surface area contributed by atoms with Crippen LogP contribution in [0.2, 0.25) is 0 Å². The summed E-state index contributed by atoms with van der Waals surface area (Å²) in [5.41, 5.74) is 0. The topological polar surface area (TPSA) is 6.48 Å². The van der Waals surface area contributed by atoms with Gasteiger partial charge in [-0.2, -0.15) is 0 Å². The Kier molecular flexibility index (Phi) is 5.94. The van der Waals surface area contributed by atoms with E-state index in [1.807, 2.05) is 6.92 Å². The van der Waals surface area contributed by atoms with Gasteiger partial charge in [0.25, 0.3) is 0 Å². The average molecular weight is 156 g/mol. The molecule has 0 saturated heterocycles. The van der Waals surface area contributed by atoms with E-state index in [1.165, 1.54) is 13.0 Å². The predicted molar refractivity (Wildman–Crippen MR) is 50.6 cm³/mol. The second-order valence-corrected chi connectivity index (χ2v) is 3.12. The van der Waals surface area contributed by atoms with Gasteiger partial charge in [-0.1, -0.05) is 6.08 Å². The Labute approximate surface area is 70.5 Å². The van der Waals surface area contributed by atoms with Gasteiger partial charge in [-0.05, 0) is 40.2 Å². The third-order valence-corrected chi connectivity index (χ3v) is 1.52. The van der Waals surface area contributed by atoms with Gasteiger partial charge in [-0.15, -0.1) is 0 Å². The Hall–Kier alpha value is -0.500. The number of allylic oxidation sites excluding steroid dienone is 1. The van der Waals surface area contributed by atoms with E-state index in [0.717, 1.165) is 6.54 Å². The van der Waals surface area contributed by atoms with E-state index in [1.54, 1.807) is 0 Å². The lowest BCUT2D eigenvalue weighted by atomic mass is 10.4. The molecule has 0 aliphatic rings. The summed E-state index contributed by atoms with van der Waals surface area (Å²) in [5.74, 6) is 0. The van der Waals surface area contributed by atoms with E-state index < -0.39 is 0 Å². The third kappa shape index (κ3) is 7.40. The largest absolute Gasteiger partial charge is 0.381 e. The first kappa shape index (κ1) is 10.5. The van der Waals surface area contributed by atoms with E-state index in [4.69, 9.17) is 0 Å². The zero-order valence-corrected chi connectivity index (χ0v) is 8.17. The maximum absolute atomic E-state index is 2.21. The molecule has 66 valence electrons. The highest BCUT2D eigenvalue weighted by molar-refractivity contribution is 4.75. The molecule has 0 rings (SSSR count). The van der Waals surface area contributed by atoms with E-state index >= 15 is 0 Å². The SMILES string of the molecule is CC=CN(C)CCCN(C)C. The molecule has 0 N–H and O–H groups in total. The van der Waals surface area contributed by atoms with Crippen LogP contribution in [-0.2, 0) is 0 Å². The zero-order chi connectivity index (χ0) is 8.69. The Morgan fingerprint density at radius 3 is 2.18 bits per heavy atom. The van der Waals surface area contributed by atoms with Gasteiger partial charge < -0.3 is 9.80 Å². The third-order valence-electron chi connectivity index (χ3n) is 1.52. The first-order valence-electron chi connectivity index (χ1n) is 4.14. The molecule has 0 fully saturated rings. The van der Waals surface area contributed by atoms with Gasteiger partial charge in [0.1, 0.15) is 0 Å². The van der Waals surface area contributed by atoms with E-state index in [0.29, 0.717) is 0 Å². The van der Waals surface area contributed by atoms with Crippen molar-refractivity contribution < 1.29 is 0 Å². The lowest BCUT2D eigenvalue weighted by molar-refractivity contribution is 0.357. The van der Waals surface area contributed by atoms with Gasteiger partial charge in [0.2, 0.25) is 0 Å². The van der Waals surface area contributed by atoms with E-state index in [2.05, 4.69) is 43.2 Å². The Morgan fingerprint density at radius 2 is 1.73 bits per heavy atom. The van der Waals surface area contributed by atoms with Crippen LogP contribution < -0.4 is 0 Å². The molecule has 0 aliphatic heterocycles. The highest BCUT2D eigenvalue weighted by Gasteiger charge is 1.92. The van der Waals surface area contributed by atoms with Crippen LogP contribution in [0.3, 0.4) is 0 Å². The molecule has 2 heteroatoms. The molecule has 0 unspecified atom stereocenters. The summed E-state index contributed by atoms with van der Waals surface area (Å²) < 4.78 is 0. The summed E-state index contributed by atoms with van der Waals surface area (Å²) in [7, 11) is 6.32. The average Bonchev–Trinajstić information content (AvgIpc) is 1.87. The van der Waals surface area contributed by atoms with Crippen LogP contribution in [0.25, 0.3) is 0 Å². The Bertz CT molecular complexity index is 108. The van der Waals surface area contributed by atoms with Gasteiger partial charge in [-0.3, -0.25) is 0 Å². The fourth-order valence-electron chi connectivity index (χ4n) is 0.965. The maximum Gasteiger partial charge on any atom is 0.0181 e. The second-order valence-electron chi connectivity index (χ2n) is 3.12. The lowest BCUT2D eigenvalue weighted by Crippen LogP contribution is -2.19. The van der Waals surface area contributed by atoms with Gasteiger partial charge >= 0.3 is 0 Å². The summed E-state index contributed by atoms with van der Waals surface area (Å²) in [6.45, 7) is 4.35. The lowest BCUT2D eigenvalue weighted by Gasteiger charge is -2.15. The molecular formula is C9H20N2. The summed E-state index contributed by atoms with van der Waals surface area (Å²) in [6, 6.07) is 0. The Morgan fingerprint density at radius 1 is 1.09 bits per heavy atom. The van der Waals surface area contributed by atoms with Crippen LogP contribution in [0.1, 0.15) is 13.3 Å². The molecule has 2 nitrogen and oxygen atoms in total. The van der Waals surface area contributed by atoms with Gasteiger partial charge in [0.15, 0.2) is 0 Å². The fraction of sp³-hybridized carbons (Fsp3) is 0.778. The molecule has 0 aliphatic carbocycles. The molecule has 0 bridgehead atoms. The predicted octanol–water partition coefficient (Wildman–Crippen LogP) is 1.40. The van der Waals surface area contributed by atoms with Crippen molar-refractivity contribution in [2.24, 2.45) is 0 Å². The van der Waals surface area contributed by atoms with Crippen molar-refractivity contribution in [2.75, 3.05) is 34.2 Å². The molecule has 0 atom stereocenters. The van der Waals surface area contributed by atoms with Crippen molar-refractivity contribution in [1.82, 2.24) is 9.80 Å². The number of nitrogens with zero attached hydrogens (tertiary/aromatic N) is 2. The van der Waals surface area contributed by atoms with Crippen LogP contribution in [0, 0.1) is 0 Å². The summed E-state index contributed by atoms with van der Waals surface area (Å²) in [6.07, 6.45) is 5.40. The highest BCUT2D eigenvalue weighted by Crippen LogP contribution is 1.89. The van der Waals surface area contributed by atoms with Crippen LogP contribution >= 0.6 is 0 Å². The minimum atomic E-state index is 1.14. The molecule has 0 amide bonds. The molecule has 0 radical (unpaired) electrons. The monoisotopic (exact) mass is 156 g/mol. The molecule has 0 aromatic carbocycles. The molecule has 11 heavy (non-hydrogen) atoms. The van der Waals surface area contributed by atoms with Crippen LogP contribution in [0.5, 0.6) is 0 Å². The molecule has 0 aromatic rings. The molecule has 0 heterocycles. The zero-order valence-electron chi connectivity index (χ0n) is 8.17. The second kappa shape index (κ2) is 6.23. The molecule has 0 spiro atoms. The van der Waals surface area contributed by atoms with Gasteiger partial charge in [0, 0.05) is 13.6 Å². The first-order chi connectivity index (χ1) is 5.16. The molecular weight excluding hydrogens is 136 g/mol. The normalized spacial score (nSPS) is 11.4. The highest BCUT2D eigenvalue weighted by atomic mass is 15.1. The summed E-state index contributed by atoms with van der Waals surface area (Å²) in [4.78, 5) is 4.42. The van der Waals surface area contributed by atoms with Crippen LogP contribution in [0.15, 0.2) is 12.3 Å². The molecule has 0 aromatic heterocycles. The van der Waals surface area contributed by atoms with Gasteiger partial charge in [0.05, 0.1) is 0 Å². The minimum Gasteiger partial charge on any atom is -0.381 e. The van der Waals surface area contributed by atoms with Crippen molar-refractivity contribution >= 4 is 0 Å². The number of rotatable bonds is 5. The van der Waals surface area contributed by atoms with Crippen molar-refractivity contribution in [3.63, 3.8) is 0 Å². The maximum atomic E-state index is 2.21. The van der Waals surface area contributed by atoms with Crippen LogP contribution in [0.4, 0.5) is 0 Å². The number of hydrogen-bond acceptors (Lipinski definition) is 2. The van der Waals surface area contributed by atoms with Crippen molar-refractivity contribution in [1.29, 1.82) is 0 Å². The van der Waals surface area contributed by atoms with Crippen molar-refractivity contribution in [3.05, 3.63) is 12.3 Å². The summed E-state index contributed by atoms with van der Waals surface area (Å²) >= 11 is 0. The number of hydrogen-bond donors (Lipinski definition) is 0. The fourth-order valence-corrected chi connectivity index (χ4v) is 0.965. The van der Waals surface area contributed by atoms with E-state index in [9.17, 15) is 0 Å². The van der Waals surface area contributed by atoms with E-state index in [-0.39, 0.29) is 0 Å². The molecule has 0 saturated carbocycles. The standard InChI is InChI=1S/C9H20N2/c1-5-7-11(4)9-6-8-10(2)3/h5,7H,6,8-9H2,1-4H3. The first-order valence-corrected chi connectivity index (χ1v) is 4.14. The van der Waals surface area contributed by atoms with Crippen LogP contribution in [-0.4, -0.2) is 44.0 Å². The minimum absolute atomic E-state index is 1.14. The smallest absolute Gasteiger partial charge is 0.0181 e. The van der Waals surface area contributed by atoms with Gasteiger partial charge in [-0.25, -0.2) is 0 Å².